The van der Waals surface area contributed by atoms with Crippen LogP contribution in [0.1, 0.15) is 56.0 Å². The molecule has 0 aliphatic carbocycles. The summed E-state index contributed by atoms with van der Waals surface area (Å²) in [4.78, 5) is 12.4. The van der Waals surface area contributed by atoms with Crippen molar-refractivity contribution in [3.05, 3.63) is 53.6 Å². The molecule has 1 unspecified atom stereocenters. The highest BCUT2D eigenvalue weighted by Gasteiger charge is 2.10. The first-order valence-corrected chi connectivity index (χ1v) is 11.0. The largest absolute Gasteiger partial charge is 0.493 e. The van der Waals surface area contributed by atoms with Crippen LogP contribution in [0.25, 0.3) is 0 Å². The van der Waals surface area contributed by atoms with E-state index in [-0.39, 0.29) is 17.1 Å². The van der Waals surface area contributed by atoms with E-state index in [1.807, 2.05) is 25.1 Å². The minimum absolute atomic E-state index is 0.132. The van der Waals surface area contributed by atoms with Gasteiger partial charge in [-0.25, -0.2) is 0 Å². The number of ether oxygens (including phenoxy) is 3. The van der Waals surface area contributed by atoms with E-state index in [2.05, 4.69) is 24.5 Å². The number of rotatable bonds is 11. The third-order valence-corrected chi connectivity index (χ3v) is 4.94. The third kappa shape index (κ3) is 8.09. The molecule has 7 heteroatoms. The van der Waals surface area contributed by atoms with Crippen LogP contribution < -0.4 is 24.8 Å². The SMILES string of the molecule is CCCCOc1ccc(CNC(=S)NC(=O)c2ccc(OC(C)CC)cc2)cc1OC. The molecule has 0 saturated carbocycles. The average Bonchev–Trinajstić information content (AvgIpc) is 2.78. The first-order chi connectivity index (χ1) is 15.0. The fourth-order valence-electron chi connectivity index (χ4n) is 2.67. The number of hydrogen-bond acceptors (Lipinski definition) is 5. The van der Waals surface area contributed by atoms with Gasteiger partial charge in [0.2, 0.25) is 0 Å². The summed E-state index contributed by atoms with van der Waals surface area (Å²) in [5.41, 5.74) is 1.47. The Morgan fingerprint density at radius 3 is 2.48 bits per heavy atom. The lowest BCUT2D eigenvalue weighted by atomic mass is 10.2. The molecule has 0 aromatic heterocycles. The van der Waals surface area contributed by atoms with Crippen LogP contribution >= 0.6 is 12.2 Å². The molecule has 0 saturated heterocycles. The van der Waals surface area contributed by atoms with Crippen LogP contribution in [-0.2, 0) is 6.54 Å². The van der Waals surface area contributed by atoms with E-state index in [1.54, 1.807) is 31.4 Å². The number of unbranched alkanes of at least 4 members (excludes halogenated alkanes) is 1. The van der Waals surface area contributed by atoms with Gasteiger partial charge in [0, 0.05) is 12.1 Å². The van der Waals surface area contributed by atoms with Gasteiger partial charge < -0.3 is 19.5 Å². The van der Waals surface area contributed by atoms with Gasteiger partial charge in [0.15, 0.2) is 16.6 Å². The maximum Gasteiger partial charge on any atom is 0.257 e. The van der Waals surface area contributed by atoms with Gasteiger partial charge >= 0.3 is 0 Å². The van der Waals surface area contributed by atoms with Crippen molar-refractivity contribution in [2.75, 3.05) is 13.7 Å². The Morgan fingerprint density at radius 2 is 1.84 bits per heavy atom. The zero-order valence-corrected chi connectivity index (χ0v) is 19.5. The summed E-state index contributed by atoms with van der Waals surface area (Å²) in [6.45, 7) is 7.30. The zero-order chi connectivity index (χ0) is 22.6. The van der Waals surface area contributed by atoms with Gasteiger partial charge in [-0.15, -0.1) is 0 Å². The highest BCUT2D eigenvalue weighted by molar-refractivity contribution is 7.80. The summed E-state index contributed by atoms with van der Waals surface area (Å²) < 4.78 is 16.9. The topological polar surface area (TPSA) is 68.8 Å². The summed E-state index contributed by atoms with van der Waals surface area (Å²) in [7, 11) is 1.61. The summed E-state index contributed by atoms with van der Waals surface area (Å²) >= 11 is 5.26. The van der Waals surface area contributed by atoms with Crippen molar-refractivity contribution in [1.29, 1.82) is 0 Å². The van der Waals surface area contributed by atoms with Gasteiger partial charge in [-0.05, 0) is 73.9 Å². The molecule has 1 atom stereocenters. The maximum atomic E-state index is 12.4. The van der Waals surface area contributed by atoms with Crippen LogP contribution in [-0.4, -0.2) is 30.8 Å². The number of methoxy groups -OCH3 is 1. The van der Waals surface area contributed by atoms with E-state index in [0.29, 0.717) is 24.5 Å². The van der Waals surface area contributed by atoms with Gasteiger partial charge in [0.1, 0.15) is 5.75 Å². The normalized spacial score (nSPS) is 11.4. The summed E-state index contributed by atoms with van der Waals surface area (Å²) in [5.74, 6) is 1.86. The van der Waals surface area contributed by atoms with Gasteiger partial charge in [-0.3, -0.25) is 10.1 Å². The van der Waals surface area contributed by atoms with Crippen LogP contribution in [0.2, 0.25) is 0 Å². The van der Waals surface area contributed by atoms with Gasteiger partial charge in [-0.1, -0.05) is 26.3 Å². The maximum absolute atomic E-state index is 12.4. The molecule has 6 nitrogen and oxygen atoms in total. The molecule has 0 radical (unpaired) electrons. The first-order valence-electron chi connectivity index (χ1n) is 10.6. The zero-order valence-electron chi connectivity index (χ0n) is 18.7. The Hall–Kier alpha value is -2.80. The molecule has 0 bridgehead atoms. The molecule has 2 aromatic rings. The smallest absolute Gasteiger partial charge is 0.257 e. The Morgan fingerprint density at radius 1 is 1.10 bits per heavy atom. The van der Waals surface area contributed by atoms with E-state index < -0.39 is 0 Å². The van der Waals surface area contributed by atoms with Crippen molar-refractivity contribution in [3.8, 4) is 17.2 Å². The number of nitrogens with one attached hydrogen (secondary N) is 2. The predicted molar refractivity (Wildman–Crippen MR) is 127 cm³/mol. The second-order valence-electron chi connectivity index (χ2n) is 7.19. The third-order valence-electron chi connectivity index (χ3n) is 4.69. The van der Waals surface area contributed by atoms with Crippen molar-refractivity contribution < 1.29 is 19.0 Å². The number of carbonyl (C=O) groups is 1. The van der Waals surface area contributed by atoms with E-state index in [1.165, 1.54) is 0 Å². The van der Waals surface area contributed by atoms with Crippen molar-refractivity contribution in [1.82, 2.24) is 10.6 Å². The second kappa shape index (κ2) is 12.8. The Labute approximate surface area is 190 Å². The molecular weight excluding hydrogens is 412 g/mol. The standard InChI is InChI=1S/C24H32N2O4S/c1-5-7-14-29-21-13-8-18(15-22(21)28-4)16-25-24(31)26-23(27)19-9-11-20(12-10-19)30-17(3)6-2/h8-13,15,17H,5-7,14,16H2,1-4H3,(H2,25,26,27,31). The molecule has 1 amide bonds. The van der Waals surface area contributed by atoms with E-state index >= 15 is 0 Å². The highest BCUT2D eigenvalue weighted by atomic mass is 32.1. The van der Waals surface area contributed by atoms with Crippen LogP contribution in [0.5, 0.6) is 17.2 Å². The van der Waals surface area contributed by atoms with Crippen LogP contribution in [0, 0.1) is 0 Å². The number of benzene rings is 2. The first kappa shape index (κ1) is 24.5. The Bertz CT molecular complexity index is 855. The fourth-order valence-corrected chi connectivity index (χ4v) is 2.83. The second-order valence-corrected chi connectivity index (χ2v) is 7.59. The van der Waals surface area contributed by atoms with Gasteiger partial charge in [0.05, 0.1) is 19.8 Å². The molecule has 0 heterocycles. The van der Waals surface area contributed by atoms with Crippen LogP contribution in [0.4, 0.5) is 0 Å². The van der Waals surface area contributed by atoms with E-state index in [0.717, 1.165) is 36.3 Å². The summed E-state index contributed by atoms with van der Waals surface area (Å²) in [6, 6.07) is 12.7. The molecule has 0 aliphatic heterocycles. The van der Waals surface area contributed by atoms with Crippen molar-refractivity contribution in [3.63, 3.8) is 0 Å². The Balaban J connectivity index is 1.86. The van der Waals surface area contributed by atoms with Gasteiger partial charge in [-0.2, -0.15) is 0 Å². The number of amides is 1. The minimum Gasteiger partial charge on any atom is -0.493 e. The number of carbonyl (C=O) groups excluding carboxylic acids is 1. The van der Waals surface area contributed by atoms with Crippen LogP contribution in [0.3, 0.4) is 0 Å². The lowest BCUT2D eigenvalue weighted by molar-refractivity contribution is 0.0976. The average molecular weight is 445 g/mol. The van der Waals surface area contributed by atoms with Crippen LogP contribution in [0.15, 0.2) is 42.5 Å². The molecular formula is C24H32N2O4S. The van der Waals surface area contributed by atoms with E-state index in [4.69, 9.17) is 26.4 Å². The Kier molecular flexibility index (Phi) is 10.1. The molecule has 2 rings (SSSR count). The molecule has 168 valence electrons. The van der Waals surface area contributed by atoms with Crippen molar-refractivity contribution >= 4 is 23.2 Å². The molecule has 2 aromatic carbocycles. The lowest BCUT2D eigenvalue weighted by Crippen LogP contribution is -2.38. The molecule has 0 fully saturated rings. The lowest BCUT2D eigenvalue weighted by Gasteiger charge is -2.14. The van der Waals surface area contributed by atoms with Crippen molar-refractivity contribution in [2.24, 2.45) is 0 Å². The summed E-state index contributed by atoms with van der Waals surface area (Å²) in [6.07, 6.45) is 3.12. The monoisotopic (exact) mass is 444 g/mol. The molecule has 0 spiro atoms. The number of hydrogen-bond donors (Lipinski definition) is 2. The van der Waals surface area contributed by atoms with Crippen molar-refractivity contribution in [2.45, 2.75) is 52.7 Å². The predicted octanol–water partition coefficient (Wildman–Crippen LogP) is 4.86. The molecule has 2 N–H and O–H groups in total. The number of thiocarbonyl (C=S) groups is 1. The van der Waals surface area contributed by atoms with E-state index in [9.17, 15) is 4.79 Å². The highest BCUT2D eigenvalue weighted by Crippen LogP contribution is 2.28. The molecule has 0 aliphatic rings. The van der Waals surface area contributed by atoms with Gasteiger partial charge in [0.25, 0.3) is 5.91 Å². The minimum atomic E-state index is -0.273. The molecule has 31 heavy (non-hydrogen) atoms. The summed E-state index contributed by atoms with van der Waals surface area (Å²) in [5, 5.41) is 6.00. The quantitative estimate of drug-likeness (QED) is 0.381. The fraction of sp³-hybridized carbons (Fsp3) is 0.417.